The quantitative estimate of drug-likeness (QED) is 0.588. The van der Waals surface area contributed by atoms with E-state index in [2.05, 4.69) is 25.3 Å². The van der Waals surface area contributed by atoms with E-state index in [0.29, 0.717) is 52.6 Å². The Morgan fingerprint density at radius 2 is 1.74 bits per heavy atom. The van der Waals surface area contributed by atoms with E-state index in [-0.39, 0.29) is 5.52 Å². The van der Waals surface area contributed by atoms with Gasteiger partial charge in [0.2, 0.25) is 0 Å². The van der Waals surface area contributed by atoms with Crippen molar-refractivity contribution < 1.29 is 18.0 Å². The van der Waals surface area contributed by atoms with Gasteiger partial charge in [0.1, 0.15) is 11.3 Å². The van der Waals surface area contributed by atoms with Crippen molar-refractivity contribution >= 4 is 16.7 Å². The van der Waals surface area contributed by atoms with Gasteiger partial charge in [-0.2, -0.15) is 4.98 Å². The summed E-state index contributed by atoms with van der Waals surface area (Å²) in [5.74, 6) is -0.290. The summed E-state index contributed by atoms with van der Waals surface area (Å²) >= 11 is 0. The van der Waals surface area contributed by atoms with E-state index in [1.165, 1.54) is 0 Å². The Balaban J connectivity index is 1.51. The fourth-order valence-corrected chi connectivity index (χ4v) is 5.12. The van der Waals surface area contributed by atoms with Crippen LogP contribution in [0.4, 0.5) is 14.6 Å². The van der Waals surface area contributed by atoms with Crippen molar-refractivity contribution in [3.8, 4) is 11.5 Å². The van der Waals surface area contributed by atoms with Gasteiger partial charge < -0.3 is 19.5 Å². The van der Waals surface area contributed by atoms with Crippen LogP contribution in [0, 0.1) is 25.5 Å². The summed E-state index contributed by atoms with van der Waals surface area (Å²) in [7, 11) is 0. The second-order valence-corrected chi connectivity index (χ2v) is 9.31. The van der Waals surface area contributed by atoms with Crippen LogP contribution in [0.3, 0.4) is 0 Å². The number of rotatable bonds is 5. The SMILES string of the molecule is CCc1cc2c(C)c(-c3nc(C)no3)c(N3CCC(NC4CCOCC4)CC3)nc2c(F)c1F. The molecule has 1 N–H and O–H groups in total. The minimum Gasteiger partial charge on any atom is -0.381 e. The van der Waals surface area contributed by atoms with Crippen molar-refractivity contribution in [1.29, 1.82) is 0 Å². The first kappa shape index (κ1) is 23.1. The van der Waals surface area contributed by atoms with Gasteiger partial charge in [0.15, 0.2) is 17.5 Å². The van der Waals surface area contributed by atoms with E-state index in [4.69, 9.17) is 9.26 Å². The molecule has 0 saturated carbocycles. The number of aryl methyl sites for hydroxylation is 3. The lowest BCUT2D eigenvalue weighted by molar-refractivity contribution is 0.0738. The third kappa shape index (κ3) is 4.27. The molecule has 1 aromatic carbocycles. The molecule has 3 aromatic rings. The first-order chi connectivity index (χ1) is 16.5. The number of aromatic nitrogens is 3. The number of anilines is 1. The molecule has 2 aliphatic heterocycles. The van der Waals surface area contributed by atoms with Gasteiger partial charge in [-0.05, 0) is 63.1 Å². The van der Waals surface area contributed by atoms with Gasteiger partial charge >= 0.3 is 0 Å². The van der Waals surface area contributed by atoms with Crippen LogP contribution in [0.1, 0.15) is 49.6 Å². The highest BCUT2D eigenvalue weighted by atomic mass is 19.2. The summed E-state index contributed by atoms with van der Waals surface area (Å²) in [4.78, 5) is 11.2. The third-order valence-electron chi connectivity index (χ3n) is 7.09. The number of halogens is 2. The van der Waals surface area contributed by atoms with Gasteiger partial charge in [-0.3, -0.25) is 0 Å². The van der Waals surface area contributed by atoms with Crippen LogP contribution in [-0.4, -0.2) is 53.5 Å². The molecule has 34 heavy (non-hydrogen) atoms. The van der Waals surface area contributed by atoms with Gasteiger partial charge in [0.05, 0.1) is 5.56 Å². The number of pyridine rings is 1. The van der Waals surface area contributed by atoms with Crippen molar-refractivity contribution in [2.24, 2.45) is 0 Å². The average molecular weight is 472 g/mol. The minimum atomic E-state index is -0.900. The predicted octanol–water partition coefficient (Wildman–Crippen LogP) is 4.48. The number of hydrogen-bond donors (Lipinski definition) is 1. The number of benzene rings is 1. The van der Waals surface area contributed by atoms with Crippen LogP contribution in [0.25, 0.3) is 22.4 Å². The Bertz CT molecular complexity index is 1180. The van der Waals surface area contributed by atoms with Crippen molar-refractivity contribution in [3.05, 3.63) is 34.7 Å². The van der Waals surface area contributed by atoms with Gasteiger partial charge in [-0.25, -0.2) is 13.8 Å². The molecule has 0 spiro atoms. The van der Waals surface area contributed by atoms with Crippen molar-refractivity contribution in [2.45, 2.75) is 65.0 Å². The van der Waals surface area contributed by atoms with E-state index < -0.39 is 11.6 Å². The van der Waals surface area contributed by atoms with Crippen LogP contribution in [0.2, 0.25) is 0 Å². The third-order valence-corrected chi connectivity index (χ3v) is 7.09. The second kappa shape index (κ2) is 9.54. The van der Waals surface area contributed by atoms with E-state index >= 15 is 4.39 Å². The van der Waals surface area contributed by atoms with Crippen molar-refractivity contribution in [1.82, 2.24) is 20.4 Å². The largest absolute Gasteiger partial charge is 0.381 e. The molecule has 0 aliphatic carbocycles. The number of piperidine rings is 1. The molecule has 9 heteroatoms. The zero-order valence-electron chi connectivity index (χ0n) is 20.0. The molecule has 2 aromatic heterocycles. The van der Waals surface area contributed by atoms with Gasteiger partial charge in [0.25, 0.3) is 5.89 Å². The second-order valence-electron chi connectivity index (χ2n) is 9.31. The zero-order chi connectivity index (χ0) is 23.8. The first-order valence-corrected chi connectivity index (χ1v) is 12.2. The molecule has 0 unspecified atom stereocenters. The molecule has 5 rings (SSSR count). The lowest BCUT2D eigenvalue weighted by Crippen LogP contribution is -2.48. The molecular weight excluding hydrogens is 440 g/mol. The molecular formula is C25H31F2N5O2. The fraction of sp³-hybridized carbons (Fsp3) is 0.560. The van der Waals surface area contributed by atoms with Crippen LogP contribution in [0.15, 0.2) is 10.6 Å². The number of nitrogens with one attached hydrogen (secondary N) is 1. The van der Waals surface area contributed by atoms with Crippen LogP contribution in [0.5, 0.6) is 0 Å². The molecule has 7 nitrogen and oxygen atoms in total. The molecule has 4 heterocycles. The predicted molar refractivity (Wildman–Crippen MR) is 126 cm³/mol. The first-order valence-electron chi connectivity index (χ1n) is 12.2. The number of nitrogens with zero attached hydrogens (tertiary/aromatic N) is 4. The van der Waals surface area contributed by atoms with Crippen LogP contribution >= 0.6 is 0 Å². The molecule has 0 amide bonds. The van der Waals surface area contributed by atoms with Gasteiger partial charge in [-0.15, -0.1) is 0 Å². The standard InChI is InChI=1S/C25H31F2N5O2/c1-4-16-13-19-14(2)20(25-28-15(3)31-34-25)24(30-23(19)22(27)21(16)26)32-9-5-17(6-10-32)29-18-7-11-33-12-8-18/h13,17-18,29H,4-12H2,1-3H3. The molecule has 2 saturated heterocycles. The summed E-state index contributed by atoms with van der Waals surface area (Å²) in [6, 6.07) is 2.60. The Hall–Kier alpha value is -2.65. The molecule has 2 fully saturated rings. The van der Waals surface area contributed by atoms with Crippen molar-refractivity contribution in [3.63, 3.8) is 0 Å². The molecule has 0 bridgehead atoms. The molecule has 0 atom stereocenters. The van der Waals surface area contributed by atoms with Crippen molar-refractivity contribution in [2.75, 3.05) is 31.2 Å². The maximum atomic E-state index is 15.1. The van der Waals surface area contributed by atoms with E-state index in [1.54, 1.807) is 13.0 Å². The van der Waals surface area contributed by atoms with Crippen LogP contribution < -0.4 is 10.2 Å². The van der Waals surface area contributed by atoms with Gasteiger partial charge in [-0.1, -0.05) is 12.1 Å². The Labute approximate surface area is 197 Å². The highest BCUT2D eigenvalue weighted by molar-refractivity contribution is 5.93. The number of ether oxygens (including phenoxy) is 1. The summed E-state index contributed by atoms with van der Waals surface area (Å²) in [5.41, 5.74) is 1.83. The summed E-state index contributed by atoms with van der Waals surface area (Å²) < 4.78 is 40.7. The van der Waals surface area contributed by atoms with E-state index in [1.807, 2.05) is 13.8 Å². The fourth-order valence-electron chi connectivity index (χ4n) is 5.12. The maximum absolute atomic E-state index is 15.1. The Kier molecular flexibility index (Phi) is 6.48. The normalized spacial score (nSPS) is 18.2. The summed E-state index contributed by atoms with van der Waals surface area (Å²) in [6.45, 7) is 8.57. The zero-order valence-corrected chi connectivity index (χ0v) is 20.0. The Morgan fingerprint density at radius 1 is 1.03 bits per heavy atom. The molecule has 0 radical (unpaired) electrons. The maximum Gasteiger partial charge on any atom is 0.261 e. The highest BCUT2D eigenvalue weighted by Crippen LogP contribution is 2.38. The molecule has 182 valence electrons. The lowest BCUT2D eigenvalue weighted by Gasteiger charge is -2.37. The number of hydrogen-bond acceptors (Lipinski definition) is 7. The monoisotopic (exact) mass is 471 g/mol. The summed E-state index contributed by atoms with van der Waals surface area (Å²) in [6.07, 6.45) is 4.34. The van der Waals surface area contributed by atoms with Crippen LogP contribution in [-0.2, 0) is 11.2 Å². The lowest BCUT2D eigenvalue weighted by atomic mass is 9.97. The number of fused-ring (bicyclic) bond motifs is 1. The summed E-state index contributed by atoms with van der Waals surface area (Å²) in [5, 5.41) is 8.30. The van der Waals surface area contributed by atoms with E-state index in [9.17, 15) is 4.39 Å². The minimum absolute atomic E-state index is 0.0460. The van der Waals surface area contributed by atoms with Gasteiger partial charge in [0, 0.05) is 43.8 Å². The Morgan fingerprint density at radius 3 is 2.38 bits per heavy atom. The van der Waals surface area contributed by atoms with E-state index in [0.717, 1.165) is 57.6 Å². The average Bonchev–Trinajstić information content (AvgIpc) is 3.28. The highest BCUT2D eigenvalue weighted by Gasteiger charge is 2.29. The topological polar surface area (TPSA) is 76.3 Å². The molecule has 2 aliphatic rings. The smallest absolute Gasteiger partial charge is 0.261 e.